The van der Waals surface area contributed by atoms with E-state index in [2.05, 4.69) is 16.9 Å². The Kier molecular flexibility index (Phi) is 0.948. The Morgan fingerprint density at radius 1 is 1.78 bits per heavy atom. The highest BCUT2D eigenvalue weighted by Gasteiger charge is 2.40. The minimum Gasteiger partial charge on any atom is -0.260 e. The second kappa shape index (κ2) is 1.57. The van der Waals surface area contributed by atoms with Gasteiger partial charge in [-0.1, -0.05) is 6.92 Å². The average Bonchev–Trinajstić information content (AvgIpc) is 2.46. The van der Waals surface area contributed by atoms with Crippen molar-refractivity contribution >= 4 is 8.35 Å². The van der Waals surface area contributed by atoms with E-state index >= 15 is 0 Å². The maximum atomic E-state index is 3.95. The van der Waals surface area contributed by atoms with Crippen molar-refractivity contribution in [1.29, 1.82) is 0 Å². The molecular formula is C6H9N2P. The number of nitrogens with zero attached hydrogens (tertiary/aromatic N) is 1. The molecule has 1 aliphatic carbocycles. The maximum Gasteiger partial charge on any atom is 0.0573 e. The van der Waals surface area contributed by atoms with Crippen molar-refractivity contribution in [2.75, 3.05) is 0 Å². The Morgan fingerprint density at radius 2 is 2.56 bits per heavy atom. The Bertz CT molecular complexity index is 201. The topological polar surface area (TPSA) is 28.7 Å². The zero-order chi connectivity index (χ0) is 6.32. The SMILES string of the molecule is CC1(c2cn[nH]p2)CC1. The monoisotopic (exact) mass is 140 g/mol. The van der Waals surface area contributed by atoms with Crippen LogP contribution in [0.4, 0.5) is 0 Å². The van der Waals surface area contributed by atoms with Gasteiger partial charge in [0.15, 0.2) is 0 Å². The standard InChI is InChI=1S/C6H9N2P/c1-6(2-3-6)5-4-7-8-9-5/h4H,2-3H2,1H3,(H,7,8). The lowest BCUT2D eigenvalue weighted by Gasteiger charge is -1.99. The largest absolute Gasteiger partial charge is 0.260 e. The van der Waals surface area contributed by atoms with Crippen molar-refractivity contribution < 1.29 is 0 Å². The van der Waals surface area contributed by atoms with Crippen LogP contribution in [0.3, 0.4) is 0 Å². The number of aromatic amines is 1. The summed E-state index contributed by atoms with van der Waals surface area (Å²) in [5, 5.41) is 5.41. The van der Waals surface area contributed by atoms with Crippen LogP contribution in [0.1, 0.15) is 25.1 Å². The van der Waals surface area contributed by atoms with Gasteiger partial charge in [-0.25, -0.2) is 0 Å². The zero-order valence-corrected chi connectivity index (χ0v) is 6.28. The Hall–Kier alpha value is -0.360. The van der Waals surface area contributed by atoms with Crippen LogP contribution in [0.25, 0.3) is 0 Å². The first-order valence-electron chi connectivity index (χ1n) is 3.17. The molecule has 0 spiro atoms. The third kappa shape index (κ3) is 0.781. The predicted octanol–water partition coefficient (Wildman–Crippen LogP) is 2.04. The highest BCUT2D eigenvalue weighted by atomic mass is 31.0. The van der Waals surface area contributed by atoms with Crippen molar-refractivity contribution in [3.05, 3.63) is 11.5 Å². The third-order valence-corrected chi connectivity index (χ3v) is 3.15. The minimum absolute atomic E-state index is 0.522. The number of hydrogen-bond donors (Lipinski definition) is 1. The Balaban J connectivity index is 2.34. The van der Waals surface area contributed by atoms with Crippen molar-refractivity contribution in [2.45, 2.75) is 25.2 Å². The van der Waals surface area contributed by atoms with Crippen LogP contribution in [-0.4, -0.2) is 9.96 Å². The van der Waals surface area contributed by atoms with E-state index in [1.807, 2.05) is 6.20 Å². The zero-order valence-electron chi connectivity index (χ0n) is 5.39. The molecule has 0 saturated heterocycles. The van der Waals surface area contributed by atoms with Gasteiger partial charge in [-0.05, 0) is 18.3 Å². The van der Waals surface area contributed by atoms with Crippen molar-refractivity contribution in [3.63, 3.8) is 0 Å². The first kappa shape index (κ1) is 5.43. The molecule has 0 unspecified atom stereocenters. The molecule has 2 nitrogen and oxygen atoms in total. The summed E-state index contributed by atoms with van der Waals surface area (Å²) in [5.74, 6) is 0. The summed E-state index contributed by atoms with van der Waals surface area (Å²) in [6, 6.07) is 0. The number of nitrogens with one attached hydrogen (secondary N) is 1. The first-order chi connectivity index (χ1) is 4.31. The molecule has 2 rings (SSSR count). The summed E-state index contributed by atoms with van der Waals surface area (Å²) in [7, 11) is 1.21. The molecule has 1 aromatic rings. The van der Waals surface area contributed by atoms with Gasteiger partial charge in [-0.2, -0.15) is 5.10 Å². The number of rotatable bonds is 1. The molecule has 0 aromatic carbocycles. The van der Waals surface area contributed by atoms with Crippen molar-refractivity contribution in [1.82, 2.24) is 9.96 Å². The van der Waals surface area contributed by atoms with Crippen molar-refractivity contribution in [2.24, 2.45) is 0 Å². The second-order valence-electron chi connectivity index (χ2n) is 2.92. The van der Waals surface area contributed by atoms with Gasteiger partial charge >= 0.3 is 0 Å². The lowest BCUT2D eigenvalue weighted by molar-refractivity contribution is 0.806. The number of aromatic nitrogens is 2. The lowest BCUT2D eigenvalue weighted by atomic mass is 10.1. The molecular weight excluding hydrogens is 131 g/mol. The molecule has 1 aliphatic rings. The first-order valence-corrected chi connectivity index (χ1v) is 4.07. The van der Waals surface area contributed by atoms with Crippen LogP contribution < -0.4 is 0 Å². The Morgan fingerprint density at radius 3 is 3.00 bits per heavy atom. The molecule has 1 aromatic heterocycles. The van der Waals surface area contributed by atoms with Gasteiger partial charge in [0.25, 0.3) is 0 Å². The molecule has 0 bridgehead atoms. The van der Waals surface area contributed by atoms with Crippen LogP contribution in [0.15, 0.2) is 6.20 Å². The third-order valence-electron chi connectivity index (χ3n) is 2.03. The fourth-order valence-corrected chi connectivity index (χ4v) is 1.77. The highest BCUT2D eigenvalue weighted by molar-refractivity contribution is 7.26. The molecule has 48 valence electrons. The van der Waals surface area contributed by atoms with Gasteiger partial charge in [-0.3, -0.25) is 4.86 Å². The lowest BCUT2D eigenvalue weighted by Crippen LogP contribution is -1.93. The van der Waals surface area contributed by atoms with Gasteiger partial charge in [0.1, 0.15) is 0 Å². The smallest absolute Gasteiger partial charge is 0.0573 e. The van der Waals surface area contributed by atoms with Gasteiger partial charge in [0.05, 0.1) is 6.20 Å². The number of H-pyrrole nitrogens is 1. The normalized spacial score (nSPS) is 22.8. The molecule has 0 radical (unpaired) electrons. The van der Waals surface area contributed by atoms with Crippen LogP contribution in [0.5, 0.6) is 0 Å². The molecule has 1 N–H and O–H groups in total. The molecule has 0 amide bonds. The maximum absolute atomic E-state index is 3.95. The van der Waals surface area contributed by atoms with E-state index in [1.165, 1.54) is 26.5 Å². The van der Waals surface area contributed by atoms with Crippen LogP contribution in [0.2, 0.25) is 0 Å². The number of hydrogen-bond acceptors (Lipinski definition) is 1. The summed E-state index contributed by atoms with van der Waals surface area (Å²) >= 11 is 0. The molecule has 9 heavy (non-hydrogen) atoms. The summed E-state index contributed by atoms with van der Waals surface area (Å²) in [4.78, 5) is 2.92. The minimum atomic E-state index is 0.522. The summed E-state index contributed by atoms with van der Waals surface area (Å²) in [6.45, 7) is 2.30. The molecule has 0 aliphatic heterocycles. The van der Waals surface area contributed by atoms with Crippen LogP contribution in [0, 0.1) is 0 Å². The predicted molar refractivity (Wildman–Crippen MR) is 37.7 cm³/mol. The van der Waals surface area contributed by atoms with Crippen LogP contribution in [-0.2, 0) is 5.41 Å². The highest BCUT2D eigenvalue weighted by Crippen LogP contribution is 2.49. The molecule has 1 heterocycles. The van der Waals surface area contributed by atoms with Gasteiger partial charge in [-0.15, -0.1) is 0 Å². The van der Waals surface area contributed by atoms with E-state index in [1.54, 1.807) is 0 Å². The van der Waals surface area contributed by atoms with E-state index in [4.69, 9.17) is 0 Å². The van der Waals surface area contributed by atoms with E-state index in [9.17, 15) is 0 Å². The molecule has 0 atom stereocenters. The fourth-order valence-electron chi connectivity index (χ4n) is 0.936. The summed E-state index contributed by atoms with van der Waals surface area (Å²) < 4.78 is 0. The molecule has 3 heteroatoms. The molecule has 1 fully saturated rings. The molecule has 1 saturated carbocycles. The van der Waals surface area contributed by atoms with Crippen LogP contribution >= 0.6 is 8.35 Å². The van der Waals surface area contributed by atoms with E-state index < -0.39 is 0 Å². The van der Waals surface area contributed by atoms with Gasteiger partial charge < -0.3 is 0 Å². The van der Waals surface area contributed by atoms with Gasteiger partial charge in [0.2, 0.25) is 0 Å². The average molecular weight is 140 g/mol. The fraction of sp³-hybridized carbons (Fsp3) is 0.667. The second-order valence-corrected chi connectivity index (χ2v) is 3.82. The van der Waals surface area contributed by atoms with Crippen molar-refractivity contribution in [3.8, 4) is 0 Å². The summed E-state index contributed by atoms with van der Waals surface area (Å²) in [5.41, 5.74) is 0.522. The van der Waals surface area contributed by atoms with E-state index in [0.717, 1.165) is 0 Å². The summed E-state index contributed by atoms with van der Waals surface area (Å²) in [6.07, 6.45) is 4.67. The quantitative estimate of drug-likeness (QED) is 0.635. The Labute approximate surface area is 55.8 Å². The van der Waals surface area contributed by atoms with Gasteiger partial charge in [0, 0.05) is 13.6 Å². The van der Waals surface area contributed by atoms with E-state index in [-0.39, 0.29) is 0 Å². The van der Waals surface area contributed by atoms with E-state index in [0.29, 0.717) is 5.41 Å².